The van der Waals surface area contributed by atoms with Crippen molar-refractivity contribution < 1.29 is 0 Å². The molecule has 17 heavy (non-hydrogen) atoms. The van der Waals surface area contributed by atoms with Crippen molar-refractivity contribution in [3.8, 4) is 0 Å². The molecule has 0 aliphatic heterocycles. The molecule has 1 fully saturated rings. The van der Waals surface area contributed by atoms with Crippen LogP contribution in [0, 0.1) is 17.3 Å². The van der Waals surface area contributed by atoms with Crippen LogP contribution in [0.1, 0.15) is 31.7 Å². The second-order valence-corrected chi connectivity index (χ2v) is 5.76. The molecule has 0 N–H and O–H groups in total. The predicted octanol–water partition coefficient (Wildman–Crippen LogP) is 4.56. The Labute approximate surface area is 104 Å². The highest BCUT2D eigenvalue weighted by molar-refractivity contribution is 5.30. The predicted molar refractivity (Wildman–Crippen MR) is 72.8 cm³/mol. The number of hydrogen-bond donors (Lipinski definition) is 0. The summed E-state index contributed by atoms with van der Waals surface area (Å²) in [4.78, 5) is 0. The highest BCUT2D eigenvalue weighted by Crippen LogP contribution is 2.56. The Morgan fingerprint density at radius 1 is 1.12 bits per heavy atom. The second-order valence-electron chi connectivity index (χ2n) is 5.76. The first-order valence-electron chi connectivity index (χ1n) is 6.63. The van der Waals surface area contributed by atoms with Crippen LogP contribution in [0.25, 0.3) is 0 Å². The fourth-order valence-corrected chi connectivity index (χ4v) is 3.65. The SMILES string of the molecule is CC1C(c2ccccc2)CC2C=CC=CC21C. The van der Waals surface area contributed by atoms with Gasteiger partial charge in [0.05, 0.1) is 0 Å². The van der Waals surface area contributed by atoms with E-state index < -0.39 is 0 Å². The summed E-state index contributed by atoms with van der Waals surface area (Å²) in [5, 5.41) is 0. The van der Waals surface area contributed by atoms with Gasteiger partial charge in [0.25, 0.3) is 0 Å². The molecule has 0 nitrogen and oxygen atoms in total. The maximum Gasteiger partial charge on any atom is -0.00489 e. The van der Waals surface area contributed by atoms with Gasteiger partial charge in [0.2, 0.25) is 0 Å². The molecular formula is C17H20. The third-order valence-corrected chi connectivity index (χ3v) is 5.03. The van der Waals surface area contributed by atoms with Crippen LogP contribution in [0.15, 0.2) is 54.6 Å². The highest BCUT2D eigenvalue weighted by atomic mass is 14.5. The smallest absolute Gasteiger partial charge is 0.00489 e. The normalized spacial score (nSPS) is 39.3. The highest BCUT2D eigenvalue weighted by Gasteiger charge is 2.47. The van der Waals surface area contributed by atoms with Crippen molar-refractivity contribution in [2.24, 2.45) is 17.3 Å². The average molecular weight is 224 g/mol. The summed E-state index contributed by atoms with van der Waals surface area (Å²) in [6, 6.07) is 11.0. The van der Waals surface area contributed by atoms with Gasteiger partial charge >= 0.3 is 0 Å². The molecule has 3 rings (SSSR count). The van der Waals surface area contributed by atoms with Gasteiger partial charge in [-0.25, -0.2) is 0 Å². The molecule has 1 aromatic rings. The molecule has 1 aromatic carbocycles. The van der Waals surface area contributed by atoms with E-state index in [1.54, 1.807) is 0 Å². The molecule has 1 saturated carbocycles. The average Bonchev–Trinajstić information content (AvgIpc) is 2.64. The van der Waals surface area contributed by atoms with Crippen LogP contribution in [0.5, 0.6) is 0 Å². The van der Waals surface area contributed by atoms with E-state index in [1.807, 2.05) is 0 Å². The lowest BCUT2D eigenvalue weighted by atomic mass is 9.71. The molecule has 0 spiro atoms. The summed E-state index contributed by atoms with van der Waals surface area (Å²) in [6.45, 7) is 4.84. The molecule has 0 amide bonds. The minimum atomic E-state index is 0.356. The Kier molecular flexibility index (Phi) is 2.47. The van der Waals surface area contributed by atoms with Crippen molar-refractivity contribution in [3.05, 3.63) is 60.2 Å². The minimum absolute atomic E-state index is 0.356. The molecule has 4 unspecified atom stereocenters. The van der Waals surface area contributed by atoms with E-state index >= 15 is 0 Å². The van der Waals surface area contributed by atoms with Crippen LogP contribution in [0.3, 0.4) is 0 Å². The summed E-state index contributed by atoms with van der Waals surface area (Å²) in [5.41, 5.74) is 1.87. The first kappa shape index (κ1) is 10.8. The second kappa shape index (κ2) is 3.87. The zero-order valence-electron chi connectivity index (χ0n) is 10.6. The Morgan fingerprint density at radius 2 is 1.88 bits per heavy atom. The van der Waals surface area contributed by atoms with Crippen molar-refractivity contribution in [3.63, 3.8) is 0 Å². The van der Waals surface area contributed by atoms with Gasteiger partial charge < -0.3 is 0 Å². The van der Waals surface area contributed by atoms with Gasteiger partial charge in [-0.05, 0) is 35.2 Å². The lowest BCUT2D eigenvalue weighted by Gasteiger charge is -2.33. The summed E-state index contributed by atoms with van der Waals surface area (Å²) in [6.07, 6.45) is 10.6. The maximum atomic E-state index is 2.42. The lowest BCUT2D eigenvalue weighted by molar-refractivity contribution is 0.268. The number of allylic oxidation sites excluding steroid dienone is 4. The zero-order chi connectivity index (χ0) is 11.9. The fraction of sp³-hybridized carbons (Fsp3) is 0.412. The van der Waals surface area contributed by atoms with Gasteiger partial charge in [-0.15, -0.1) is 0 Å². The Hall–Kier alpha value is -1.30. The fourth-order valence-electron chi connectivity index (χ4n) is 3.65. The molecular weight excluding hydrogens is 204 g/mol. The largest absolute Gasteiger partial charge is 0.0805 e. The molecule has 2 aliphatic rings. The quantitative estimate of drug-likeness (QED) is 0.656. The van der Waals surface area contributed by atoms with Gasteiger partial charge in [0.1, 0.15) is 0 Å². The van der Waals surface area contributed by atoms with E-state index in [0.29, 0.717) is 17.3 Å². The third kappa shape index (κ3) is 1.58. The first-order chi connectivity index (χ1) is 8.22. The first-order valence-corrected chi connectivity index (χ1v) is 6.63. The van der Waals surface area contributed by atoms with Crippen LogP contribution in [0.2, 0.25) is 0 Å². The Morgan fingerprint density at radius 3 is 2.59 bits per heavy atom. The van der Waals surface area contributed by atoms with E-state index in [0.717, 1.165) is 5.92 Å². The van der Waals surface area contributed by atoms with E-state index in [1.165, 1.54) is 12.0 Å². The Bertz CT molecular complexity index is 454. The molecule has 0 bridgehead atoms. The number of benzene rings is 1. The summed E-state index contributed by atoms with van der Waals surface area (Å²) >= 11 is 0. The number of rotatable bonds is 1. The topological polar surface area (TPSA) is 0 Å². The monoisotopic (exact) mass is 224 g/mol. The van der Waals surface area contributed by atoms with Crippen molar-refractivity contribution in [1.82, 2.24) is 0 Å². The summed E-state index contributed by atoms with van der Waals surface area (Å²) < 4.78 is 0. The lowest BCUT2D eigenvalue weighted by Crippen LogP contribution is -2.26. The molecule has 0 aromatic heterocycles. The molecule has 88 valence electrons. The molecule has 0 heteroatoms. The van der Waals surface area contributed by atoms with Crippen molar-refractivity contribution >= 4 is 0 Å². The van der Waals surface area contributed by atoms with E-state index in [-0.39, 0.29) is 0 Å². The van der Waals surface area contributed by atoms with Crippen LogP contribution in [-0.4, -0.2) is 0 Å². The van der Waals surface area contributed by atoms with Gasteiger partial charge in [0, 0.05) is 0 Å². The molecule has 0 heterocycles. The Balaban J connectivity index is 1.96. The van der Waals surface area contributed by atoms with Crippen molar-refractivity contribution in [2.45, 2.75) is 26.2 Å². The summed E-state index contributed by atoms with van der Waals surface area (Å²) in [5.74, 6) is 2.14. The molecule has 0 radical (unpaired) electrons. The number of hydrogen-bond acceptors (Lipinski definition) is 0. The molecule has 0 saturated heterocycles. The summed E-state index contributed by atoms with van der Waals surface area (Å²) in [7, 11) is 0. The van der Waals surface area contributed by atoms with E-state index in [2.05, 4.69) is 68.5 Å². The van der Waals surface area contributed by atoms with Gasteiger partial charge in [-0.1, -0.05) is 68.5 Å². The van der Waals surface area contributed by atoms with Gasteiger partial charge in [0.15, 0.2) is 0 Å². The number of fused-ring (bicyclic) bond motifs is 1. The van der Waals surface area contributed by atoms with Crippen molar-refractivity contribution in [1.29, 1.82) is 0 Å². The standard InChI is InChI=1S/C17H20/c1-13-16(14-8-4-3-5-9-14)12-15-10-6-7-11-17(13,15)2/h3-11,13,15-16H,12H2,1-2H3. The van der Waals surface area contributed by atoms with Crippen LogP contribution in [-0.2, 0) is 0 Å². The van der Waals surface area contributed by atoms with Gasteiger partial charge in [-0.3, -0.25) is 0 Å². The van der Waals surface area contributed by atoms with Crippen molar-refractivity contribution in [2.75, 3.05) is 0 Å². The molecule has 2 aliphatic carbocycles. The third-order valence-electron chi connectivity index (χ3n) is 5.03. The van der Waals surface area contributed by atoms with Crippen LogP contribution < -0.4 is 0 Å². The van der Waals surface area contributed by atoms with Gasteiger partial charge in [-0.2, -0.15) is 0 Å². The minimum Gasteiger partial charge on any atom is -0.0805 e. The zero-order valence-corrected chi connectivity index (χ0v) is 10.6. The molecule has 4 atom stereocenters. The van der Waals surface area contributed by atoms with Crippen LogP contribution in [0.4, 0.5) is 0 Å². The van der Waals surface area contributed by atoms with E-state index in [4.69, 9.17) is 0 Å². The van der Waals surface area contributed by atoms with Crippen LogP contribution >= 0.6 is 0 Å². The maximum absolute atomic E-state index is 2.42. The van der Waals surface area contributed by atoms with E-state index in [9.17, 15) is 0 Å².